The molecule has 3 amide bonds. The van der Waals surface area contributed by atoms with Gasteiger partial charge in [0.05, 0.1) is 12.7 Å². The van der Waals surface area contributed by atoms with Crippen LogP contribution in [0, 0.1) is 46.1 Å². The molecule has 0 spiro atoms. The van der Waals surface area contributed by atoms with Gasteiger partial charge in [0.25, 0.3) is 12.0 Å². The van der Waals surface area contributed by atoms with Crippen LogP contribution in [0.1, 0.15) is 61.4 Å². The zero-order valence-electron chi connectivity index (χ0n) is 23.2. The van der Waals surface area contributed by atoms with E-state index >= 15 is 8.78 Å². The Labute approximate surface area is 239 Å². The van der Waals surface area contributed by atoms with Gasteiger partial charge >= 0.3 is 0 Å². The molecule has 1 unspecified atom stereocenters. The number of halogens is 5. The Morgan fingerprint density at radius 2 is 1.79 bits per heavy atom. The van der Waals surface area contributed by atoms with E-state index in [1.54, 1.807) is 0 Å². The van der Waals surface area contributed by atoms with E-state index < -0.39 is 93.5 Å². The molecule has 7 nitrogen and oxygen atoms in total. The number of ether oxygens (including phenoxy) is 1. The first-order valence-electron chi connectivity index (χ1n) is 13.8. The molecule has 0 heterocycles. The van der Waals surface area contributed by atoms with Gasteiger partial charge in [-0.15, -0.1) is 0 Å². The lowest BCUT2D eigenvalue weighted by atomic mass is 9.57. The van der Waals surface area contributed by atoms with Gasteiger partial charge in [-0.05, 0) is 72.5 Å². The third kappa shape index (κ3) is 4.59. The van der Waals surface area contributed by atoms with Crippen LogP contribution in [0.4, 0.5) is 22.0 Å². The first kappa shape index (κ1) is 29.8. The lowest BCUT2D eigenvalue weighted by Crippen LogP contribution is -2.54. The van der Waals surface area contributed by atoms with Gasteiger partial charge in [-0.25, -0.2) is 13.2 Å². The fraction of sp³-hybridized carbons (Fsp3) is 0.500. The standard InChI is InChI=1S/C30H32F5N3O4/c1-29(4-3-5-29)12-38-27(40)23-13-6-15(16(7-13)25(34)35)24(23)30(28(37)41)11-18(21(33)10-22(30)42-2)14-8-17(26(36)39)20(32)9-19(14)31/h8-10,13,15,23-24H,3-7,11-12H2,1-2H3,(H2,36,39)(H2,37,41)(H,38,40)/t13-,15-,23-,24+,30?/m0/s1. The Morgan fingerprint density at radius 1 is 1.10 bits per heavy atom. The number of benzene rings is 1. The summed E-state index contributed by atoms with van der Waals surface area (Å²) in [7, 11) is 1.15. The van der Waals surface area contributed by atoms with Gasteiger partial charge in [0.15, 0.2) is 0 Å². The van der Waals surface area contributed by atoms with E-state index in [1.807, 2.05) is 6.92 Å². The Bertz CT molecular complexity index is 1460. The second-order valence-electron chi connectivity index (χ2n) is 12.3. The summed E-state index contributed by atoms with van der Waals surface area (Å²) in [5.74, 6) is -10.3. The average Bonchev–Trinajstić information content (AvgIpc) is 3.50. The van der Waals surface area contributed by atoms with Crippen LogP contribution >= 0.6 is 0 Å². The minimum atomic E-state index is -2.06. The molecule has 5 rings (SSSR count). The molecule has 4 aliphatic carbocycles. The normalized spacial score (nSPS) is 29.6. The fourth-order valence-electron chi connectivity index (χ4n) is 7.66. The zero-order chi connectivity index (χ0) is 30.7. The van der Waals surface area contributed by atoms with Crippen molar-refractivity contribution >= 4 is 23.3 Å². The Balaban J connectivity index is 1.64. The van der Waals surface area contributed by atoms with Crippen LogP contribution < -0.4 is 16.8 Å². The minimum absolute atomic E-state index is 0.0503. The van der Waals surface area contributed by atoms with Crippen LogP contribution in [0.2, 0.25) is 0 Å². The van der Waals surface area contributed by atoms with Gasteiger partial charge in [0.2, 0.25) is 11.8 Å². The smallest absolute Gasteiger partial charge is 0.269 e. The molecule has 5 N–H and O–H groups in total. The highest BCUT2D eigenvalue weighted by atomic mass is 19.3. The van der Waals surface area contributed by atoms with Gasteiger partial charge in [-0.3, -0.25) is 14.4 Å². The summed E-state index contributed by atoms with van der Waals surface area (Å²) in [5.41, 5.74) is 7.09. The van der Waals surface area contributed by atoms with E-state index in [0.717, 1.165) is 38.5 Å². The van der Waals surface area contributed by atoms with Crippen molar-refractivity contribution in [3.8, 4) is 0 Å². The molecule has 42 heavy (non-hydrogen) atoms. The molecule has 12 heteroatoms. The van der Waals surface area contributed by atoms with Crippen molar-refractivity contribution in [2.24, 2.45) is 46.0 Å². The predicted molar refractivity (Wildman–Crippen MR) is 142 cm³/mol. The zero-order valence-corrected chi connectivity index (χ0v) is 23.2. The number of carbonyl (C=O) groups excluding carboxylic acids is 3. The second-order valence-corrected chi connectivity index (χ2v) is 12.3. The monoisotopic (exact) mass is 593 g/mol. The molecule has 226 valence electrons. The highest BCUT2D eigenvalue weighted by Crippen LogP contribution is 2.65. The van der Waals surface area contributed by atoms with Crippen LogP contribution in [0.25, 0.3) is 5.57 Å². The van der Waals surface area contributed by atoms with Crippen molar-refractivity contribution in [3.05, 3.63) is 64.2 Å². The minimum Gasteiger partial charge on any atom is -0.500 e. The van der Waals surface area contributed by atoms with Gasteiger partial charge in [0, 0.05) is 30.2 Å². The van der Waals surface area contributed by atoms with Crippen LogP contribution in [0.5, 0.6) is 0 Å². The molecule has 5 atom stereocenters. The number of nitrogens with two attached hydrogens (primary N) is 2. The van der Waals surface area contributed by atoms with Crippen LogP contribution in [0.15, 0.2) is 41.4 Å². The van der Waals surface area contributed by atoms with E-state index in [1.165, 1.54) is 0 Å². The van der Waals surface area contributed by atoms with Crippen molar-refractivity contribution in [3.63, 3.8) is 0 Å². The molecule has 0 aliphatic heterocycles. The first-order chi connectivity index (χ1) is 19.7. The number of amides is 3. The van der Waals surface area contributed by atoms with E-state index in [-0.39, 0.29) is 29.6 Å². The second kappa shape index (κ2) is 10.5. The molecule has 0 saturated heterocycles. The van der Waals surface area contributed by atoms with E-state index in [0.29, 0.717) is 12.6 Å². The number of nitrogens with one attached hydrogen (secondary N) is 1. The average molecular weight is 594 g/mol. The molecule has 1 aromatic carbocycles. The maximum absolute atomic E-state index is 15.6. The number of hydrogen-bond acceptors (Lipinski definition) is 4. The summed E-state index contributed by atoms with van der Waals surface area (Å²) in [6, 6.07) is 1.10. The SMILES string of the molecule is COC1=CC(F)=C(c2cc(C(N)=O)c(F)cc2F)CC1(C(N)=O)[C@H]1[C@@H](C(=O)NCC2(C)CCC2)[C@@H]2CC(=C(F)F)[C@@H]1C2. The first-order valence-corrected chi connectivity index (χ1v) is 13.8. The van der Waals surface area contributed by atoms with E-state index in [9.17, 15) is 27.6 Å². The van der Waals surface area contributed by atoms with Crippen LogP contribution in [-0.4, -0.2) is 31.4 Å². The van der Waals surface area contributed by atoms with Crippen molar-refractivity contribution in [2.75, 3.05) is 13.7 Å². The van der Waals surface area contributed by atoms with Gasteiger partial charge in [-0.2, -0.15) is 8.78 Å². The molecule has 4 aliphatic rings. The summed E-state index contributed by atoms with van der Waals surface area (Å²) in [4.78, 5) is 39.1. The van der Waals surface area contributed by atoms with Gasteiger partial charge < -0.3 is 21.5 Å². The quantitative estimate of drug-likeness (QED) is 0.372. The van der Waals surface area contributed by atoms with Crippen LogP contribution in [-0.2, 0) is 14.3 Å². The largest absolute Gasteiger partial charge is 0.500 e. The topological polar surface area (TPSA) is 125 Å². The lowest BCUT2D eigenvalue weighted by Gasteiger charge is -2.47. The van der Waals surface area contributed by atoms with Crippen molar-refractivity contribution in [2.45, 2.75) is 45.4 Å². The van der Waals surface area contributed by atoms with Crippen molar-refractivity contribution in [1.29, 1.82) is 0 Å². The van der Waals surface area contributed by atoms with Crippen molar-refractivity contribution < 1.29 is 41.1 Å². The molecule has 2 bridgehead atoms. The number of fused-ring (bicyclic) bond motifs is 2. The summed E-state index contributed by atoms with van der Waals surface area (Å²) < 4.78 is 78.7. The molecule has 0 aromatic heterocycles. The summed E-state index contributed by atoms with van der Waals surface area (Å²) in [6.07, 6.45) is 1.16. The maximum atomic E-state index is 15.6. The number of methoxy groups -OCH3 is 1. The van der Waals surface area contributed by atoms with Crippen molar-refractivity contribution in [1.82, 2.24) is 5.32 Å². The third-order valence-corrected chi connectivity index (χ3v) is 9.93. The number of hydrogen-bond donors (Lipinski definition) is 3. The molecule has 1 aromatic rings. The molecule has 3 fully saturated rings. The summed E-state index contributed by atoms with van der Waals surface area (Å²) in [5, 5.41) is 2.95. The number of allylic oxidation sites excluding steroid dienone is 4. The van der Waals surface area contributed by atoms with E-state index in [4.69, 9.17) is 16.2 Å². The molecular formula is C30H32F5N3O4. The fourth-order valence-corrected chi connectivity index (χ4v) is 7.66. The van der Waals surface area contributed by atoms with E-state index in [2.05, 4.69) is 5.32 Å². The highest BCUT2D eigenvalue weighted by Gasteiger charge is 2.65. The number of rotatable bonds is 8. The van der Waals surface area contributed by atoms with Crippen LogP contribution in [0.3, 0.4) is 0 Å². The predicted octanol–water partition coefficient (Wildman–Crippen LogP) is 4.88. The molecule has 3 saturated carbocycles. The highest BCUT2D eigenvalue weighted by molar-refractivity contribution is 5.95. The van der Waals surface area contributed by atoms with Gasteiger partial charge in [-0.1, -0.05) is 13.3 Å². The maximum Gasteiger partial charge on any atom is 0.269 e. The number of carbonyl (C=O) groups is 3. The lowest BCUT2D eigenvalue weighted by molar-refractivity contribution is -0.138. The Hall–Kier alpha value is -3.70. The van der Waals surface area contributed by atoms with Gasteiger partial charge in [0.1, 0.15) is 28.6 Å². The Morgan fingerprint density at radius 3 is 2.33 bits per heavy atom. The summed E-state index contributed by atoms with van der Waals surface area (Å²) >= 11 is 0. The third-order valence-electron chi connectivity index (χ3n) is 9.93. The Kier molecular flexibility index (Phi) is 7.47. The number of primary amides is 2. The molecular weight excluding hydrogens is 561 g/mol. The molecule has 0 radical (unpaired) electrons. The summed E-state index contributed by atoms with van der Waals surface area (Å²) in [6.45, 7) is 2.39.